The third-order valence-electron chi connectivity index (χ3n) is 0.947. The molecule has 3 N–H and O–H groups in total. The molecular weight excluding hydrogens is 132 g/mol. The van der Waals surface area contributed by atoms with Crippen molar-refractivity contribution < 1.29 is 4.42 Å². The van der Waals surface area contributed by atoms with Crippen molar-refractivity contribution in [2.24, 2.45) is 5.73 Å². The van der Waals surface area contributed by atoms with Crippen LogP contribution in [-0.4, -0.2) is 23.3 Å². The summed E-state index contributed by atoms with van der Waals surface area (Å²) in [7, 11) is 0. The van der Waals surface area contributed by atoms with E-state index < -0.39 is 0 Å². The van der Waals surface area contributed by atoms with Crippen molar-refractivity contribution in [1.29, 1.82) is 0 Å². The van der Waals surface area contributed by atoms with Crippen molar-refractivity contribution in [3.05, 3.63) is 5.89 Å². The summed E-state index contributed by atoms with van der Waals surface area (Å²) in [4.78, 5) is 0. The van der Waals surface area contributed by atoms with E-state index >= 15 is 0 Å². The van der Waals surface area contributed by atoms with Crippen molar-refractivity contribution in [3.63, 3.8) is 0 Å². The monoisotopic (exact) mass is 142 g/mol. The number of hydrogen-bond acceptors (Lipinski definition) is 5. The molecule has 0 aliphatic carbocycles. The summed E-state index contributed by atoms with van der Waals surface area (Å²) < 4.78 is 5.00. The molecule has 1 rings (SSSR count). The third-order valence-corrected chi connectivity index (χ3v) is 0.947. The third kappa shape index (κ3) is 1.70. The van der Waals surface area contributed by atoms with E-state index in [0.29, 0.717) is 25.0 Å². The summed E-state index contributed by atoms with van der Waals surface area (Å²) in [6.07, 6.45) is 0. The quantitative estimate of drug-likeness (QED) is 0.608. The van der Waals surface area contributed by atoms with Crippen molar-refractivity contribution >= 4 is 6.01 Å². The van der Waals surface area contributed by atoms with Gasteiger partial charge in [-0.25, -0.2) is 0 Å². The van der Waals surface area contributed by atoms with Crippen LogP contribution in [0.4, 0.5) is 6.01 Å². The Morgan fingerprint density at radius 3 is 2.90 bits per heavy atom. The molecule has 56 valence electrons. The lowest BCUT2D eigenvalue weighted by atomic mass is 10.6. The molecule has 0 aliphatic rings. The second-order valence-corrected chi connectivity index (χ2v) is 1.84. The van der Waals surface area contributed by atoms with Crippen molar-refractivity contribution in [3.8, 4) is 0 Å². The molecule has 0 saturated heterocycles. The Bertz CT molecular complexity index is 197. The number of nitrogens with one attached hydrogen (secondary N) is 1. The number of nitrogens with two attached hydrogens (primary N) is 1. The van der Waals surface area contributed by atoms with Crippen LogP contribution in [0, 0.1) is 6.92 Å². The molecule has 0 unspecified atom stereocenters. The van der Waals surface area contributed by atoms with Crippen LogP contribution in [-0.2, 0) is 0 Å². The molecule has 0 fully saturated rings. The van der Waals surface area contributed by atoms with E-state index in [1.807, 2.05) is 0 Å². The van der Waals surface area contributed by atoms with Gasteiger partial charge in [0.1, 0.15) is 0 Å². The van der Waals surface area contributed by atoms with E-state index in [9.17, 15) is 0 Å². The predicted molar refractivity (Wildman–Crippen MR) is 36.6 cm³/mol. The highest BCUT2D eigenvalue weighted by atomic mass is 16.4. The van der Waals surface area contributed by atoms with Crippen LogP contribution in [0.3, 0.4) is 0 Å². The summed E-state index contributed by atoms with van der Waals surface area (Å²) in [6.45, 7) is 2.95. The van der Waals surface area contributed by atoms with Gasteiger partial charge in [-0.2, -0.15) is 0 Å². The van der Waals surface area contributed by atoms with E-state index in [0.717, 1.165) is 0 Å². The molecule has 1 aromatic heterocycles. The molecule has 0 radical (unpaired) electrons. The summed E-state index contributed by atoms with van der Waals surface area (Å²) in [5.74, 6) is 0.555. The van der Waals surface area contributed by atoms with Gasteiger partial charge in [-0.1, -0.05) is 5.10 Å². The van der Waals surface area contributed by atoms with E-state index in [1.54, 1.807) is 6.92 Å². The van der Waals surface area contributed by atoms with Gasteiger partial charge in [-0.05, 0) is 0 Å². The number of aromatic nitrogens is 2. The fourth-order valence-corrected chi connectivity index (χ4v) is 0.547. The van der Waals surface area contributed by atoms with Crippen LogP contribution in [0.25, 0.3) is 0 Å². The molecule has 1 aromatic rings. The number of anilines is 1. The zero-order valence-corrected chi connectivity index (χ0v) is 5.79. The first-order chi connectivity index (χ1) is 4.83. The maximum Gasteiger partial charge on any atom is 0.315 e. The van der Waals surface area contributed by atoms with Gasteiger partial charge in [0.05, 0.1) is 0 Å². The highest BCUT2D eigenvalue weighted by Gasteiger charge is 1.97. The first-order valence-corrected chi connectivity index (χ1v) is 3.07. The number of hydrogen-bond donors (Lipinski definition) is 2. The lowest BCUT2D eigenvalue weighted by Gasteiger charge is -1.94. The Morgan fingerprint density at radius 2 is 2.40 bits per heavy atom. The highest BCUT2D eigenvalue weighted by Crippen LogP contribution is 2.01. The van der Waals surface area contributed by atoms with Gasteiger partial charge in [0.2, 0.25) is 5.89 Å². The van der Waals surface area contributed by atoms with Gasteiger partial charge in [0.15, 0.2) is 0 Å². The standard InChI is InChI=1S/C5H10N4O/c1-4-8-9-5(10-4)7-3-2-6/h2-3,6H2,1H3,(H,7,9). The van der Waals surface area contributed by atoms with Gasteiger partial charge >= 0.3 is 6.01 Å². The van der Waals surface area contributed by atoms with Crippen LogP contribution in [0.5, 0.6) is 0 Å². The van der Waals surface area contributed by atoms with Crippen LogP contribution < -0.4 is 11.1 Å². The van der Waals surface area contributed by atoms with Crippen LogP contribution in [0.2, 0.25) is 0 Å². The molecule has 0 saturated carbocycles. The van der Waals surface area contributed by atoms with Gasteiger partial charge in [-0.15, -0.1) is 5.10 Å². The summed E-state index contributed by atoms with van der Waals surface area (Å²) in [6, 6.07) is 0.433. The molecule has 0 aliphatic heterocycles. The second-order valence-electron chi connectivity index (χ2n) is 1.84. The summed E-state index contributed by atoms with van der Waals surface area (Å²) in [5.41, 5.74) is 5.23. The Balaban J connectivity index is 2.42. The van der Waals surface area contributed by atoms with Crippen LogP contribution >= 0.6 is 0 Å². The minimum absolute atomic E-state index is 0.433. The highest BCUT2D eigenvalue weighted by molar-refractivity contribution is 5.15. The smallest absolute Gasteiger partial charge is 0.315 e. The summed E-state index contributed by atoms with van der Waals surface area (Å²) in [5, 5.41) is 10.2. The van der Waals surface area contributed by atoms with Crippen molar-refractivity contribution in [1.82, 2.24) is 10.2 Å². The van der Waals surface area contributed by atoms with Crippen LogP contribution in [0.15, 0.2) is 4.42 Å². The van der Waals surface area contributed by atoms with E-state index in [2.05, 4.69) is 15.5 Å². The summed E-state index contributed by atoms with van der Waals surface area (Å²) >= 11 is 0. The molecule has 0 spiro atoms. The van der Waals surface area contributed by atoms with E-state index in [-0.39, 0.29) is 0 Å². The van der Waals surface area contributed by atoms with Crippen LogP contribution in [0.1, 0.15) is 5.89 Å². The number of aryl methyl sites for hydroxylation is 1. The van der Waals surface area contributed by atoms with E-state index in [4.69, 9.17) is 10.2 Å². The topological polar surface area (TPSA) is 77.0 Å². The Kier molecular flexibility index (Phi) is 2.22. The zero-order valence-electron chi connectivity index (χ0n) is 5.79. The lowest BCUT2D eigenvalue weighted by molar-refractivity contribution is 0.531. The molecule has 0 atom stereocenters. The minimum Gasteiger partial charge on any atom is -0.408 e. The molecular formula is C5H10N4O. The number of rotatable bonds is 3. The fourth-order valence-electron chi connectivity index (χ4n) is 0.547. The fraction of sp³-hybridized carbons (Fsp3) is 0.600. The first-order valence-electron chi connectivity index (χ1n) is 3.07. The molecule has 1 heterocycles. The SMILES string of the molecule is Cc1nnc(NCCN)o1. The lowest BCUT2D eigenvalue weighted by Crippen LogP contribution is -2.13. The Hall–Kier alpha value is -1.10. The average molecular weight is 142 g/mol. The average Bonchev–Trinajstić information content (AvgIpc) is 2.31. The van der Waals surface area contributed by atoms with Gasteiger partial charge in [-0.3, -0.25) is 0 Å². The zero-order chi connectivity index (χ0) is 7.40. The molecule has 0 aromatic carbocycles. The van der Waals surface area contributed by atoms with Gasteiger partial charge in [0.25, 0.3) is 0 Å². The second kappa shape index (κ2) is 3.17. The Labute approximate surface area is 58.6 Å². The molecule has 10 heavy (non-hydrogen) atoms. The number of nitrogens with zero attached hydrogens (tertiary/aromatic N) is 2. The largest absolute Gasteiger partial charge is 0.408 e. The Morgan fingerprint density at radius 1 is 1.60 bits per heavy atom. The van der Waals surface area contributed by atoms with Gasteiger partial charge < -0.3 is 15.5 Å². The molecule has 5 nitrogen and oxygen atoms in total. The maximum absolute atomic E-state index is 5.23. The predicted octanol–water partition coefficient (Wildman–Crippen LogP) is -0.251. The normalized spacial score (nSPS) is 9.80. The molecule has 0 amide bonds. The maximum atomic E-state index is 5.23. The van der Waals surface area contributed by atoms with Crippen molar-refractivity contribution in [2.75, 3.05) is 18.4 Å². The molecule has 5 heteroatoms. The minimum atomic E-state index is 0.433. The molecule has 0 bridgehead atoms. The van der Waals surface area contributed by atoms with Crippen molar-refractivity contribution in [2.45, 2.75) is 6.92 Å². The van der Waals surface area contributed by atoms with Gasteiger partial charge in [0, 0.05) is 20.0 Å². The van der Waals surface area contributed by atoms with E-state index in [1.165, 1.54) is 0 Å². The first kappa shape index (κ1) is 7.01.